The first-order valence-corrected chi connectivity index (χ1v) is 8.90. The Morgan fingerprint density at radius 1 is 1.24 bits per heavy atom. The number of nitrogens with zero attached hydrogens (tertiary/aromatic N) is 1. The van der Waals surface area contributed by atoms with E-state index in [0.717, 1.165) is 13.2 Å². The molecule has 1 N–H and O–H groups in total. The van der Waals surface area contributed by atoms with Gasteiger partial charge in [-0.1, -0.05) is 6.92 Å². The van der Waals surface area contributed by atoms with Gasteiger partial charge in [0.15, 0.2) is 0 Å². The van der Waals surface area contributed by atoms with Crippen molar-refractivity contribution in [1.82, 2.24) is 10.2 Å². The van der Waals surface area contributed by atoms with Crippen LogP contribution in [0.1, 0.15) is 45.4 Å². The molecule has 2 atom stereocenters. The van der Waals surface area contributed by atoms with Gasteiger partial charge in [0.2, 0.25) is 0 Å². The van der Waals surface area contributed by atoms with E-state index < -0.39 is 0 Å². The van der Waals surface area contributed by atoms with Crippen molar-refractivity contribution in [2.45, 2.75) is 57.7 Å². The van der Waals surface area contributed by atoms with Crippen molar-refractivity contribution >= 4 is 0 Å². The van der Waals surface area contributed by atoms with Gasteiger partial charge in [-0.05, 0) is 50.5 Å². The molecular formula is C17H32N2O2. The molecule has 3 aliphatic heterocycles. The zero-order chi connectivity index (χ0) is 14.5. The Morgan fingerprint density at radius 2 is 2.10 bits per heavy atom. The second-order valence-electron chi connectivity index (χ2n) is 7.53. The first kappa shape index (κ1) is 15.7. The molecule has 0 aromatic heterocycles. The Balaban J connectivity index is 1.33. The molecule has 3 fully saturated rings. The summed E-state index contributed by atoms with van der Waals surface area (Å²) in [5, 5.41) is 3.50. The Bertz CT molecular complexity index is 304. The Morgan fingerprint density at radius 3 is 2.76 bits per heavy atom. The predicted molar refractivity (Wildman–Crippen MR) is 84.6 cm³/mol. The highest BCUT2D eigenvalue weighted by Crippen LogP contribution is 2.27. The van der Waals surface area contributed by atoms with Crippen LogP contribution in [0, 0.1) is 5.41 Å². The van der Waals surface area contributed by atoms with Gasteiger partial charge in [0.05, 0.1) is 18.8 Å². The van der Waals surface area contributed by atoms with Crippen molar-refractivity contribution < 1.29 is 9.47 Å². The number of nitrogens with one attached hydrogen (secondary N) is 1. The summed E-state index contributed by atoms with van der Waals surface area (Å²) in [6.07, 6.45) is 8.24. The summed E-state index contributed by atoms with van der Waals surface area (Å²) in [6, 6.07) is 0. The van der Waals surface area contributed by atoms with Crippen molar-refractivity contribution in [1.29, 1.82) is 0 Å². The molecule has 122 valence electrons. The monoisotopic (exact) mass is 296 g/mol. The minimum absolute atomic E-state index is 0.361. The van der Waals surface area contributed by atoms with Gasteiger partial charge < -0.3 is 19.7 Å². The van der Waals surface area contributed by atoms with Gasteiger partial charge in [-0.25, -0.2) is 0 Å². The van der Waals surface area contributed by atoms with Crippen molar-refractivity contribution in [3.63, 3.8) is 0 Å². The fourth-order valence-corrected chi connectivity index (χ4v) is 3.96. The Labute approximate surface area is 129 Å². The SMILES string of the molecule is CC1(CN2CCC(OCC3CCCCO3)CC2)CCNC1. The van der Waals surface area contributed by atoms with Crippen LogP contribution in [0.15, 0.2) is 0 Å². The molecule has 0 aromatic rings. The molecule has 0 aliphatic carbocycles. The molecule has 3 saturated heterocycles. The number of ether oxygens (including phenoxy) is 2. The Kier molecular flexibility index (Phi) is 5.54. The molecule has 0 spiro atoms. The van der Waals surface area contributed by atoms with Crippen LogP contribution >= 0.6 is 0 Å². The van der Waals surface area contributed by atoms with Gasteiger partial charge in [-0.3, -0.25) is 0 Å². The second-order valence-corrected chi connectivity index (χ2v) is 7.53. The smallest absolute Gasteiger partial charge is 0.0808 e. The van der Waals surface area contributed by atoms with Crippen LogP contribution in [0.3, 0.4) is 0 Å². The van der Waals surface area contributed by atoms with E-state index in [1.165, 1.54) is 71.2 Å². The standard InChI is InChI=1S/C17H32N2O2/c1-17(7-8-18-13-17)14-19-9-5-15(6-10-19)21-12-16-4-2-3-11-20-16/h15-16,18H,2-14H2,1H3. The van der Waals surface area contributed by atoms with E-state index in [4.69, 9.17) is 9.47 Å². The number of hydrogen-bond donors (Lipinski definition) is 1. The van der Waals surface area contributed by atoms with Gasteiger partial charge >= 0.3 is 0 Å². The molecule has 0 amide bonds. The third-order valence-electron chi connectivity index (χ3n) is 5.39. The minimum atomic E-state index is 0.361. The summed E-state index contributed by atoms with van der Waals surface area (Å²) >= 11 is 0. The molecule has 4 nitrogen and oxygen atoms in total. The van der Waals surface area contributed by atoms with E-state index in [2.05, 4.69) is 17.1 Å². The fraction of sp³-hybridized carbons (Fsp3) is 1.00. The first-order chi connectivity index (χ1) is 10.2. The summed E-state index contributed by atoms with van der Waals surface area (Å²) in [5.74, 6) is 0. The molecule has 4 heteroatoms. The lowest BCUT2D eigenvalue weighted by Crippen LogP contribution is -2.44. The zero-order valence-corrected chi connectivity index (χ0v) is 13.6. The van der Waals surface area contributed by atoms with Gasteiger partial charge in [0.25, 0.3) is 0 Å². The molecule has 3 aliphatic rings. The third-order valence-corrected chi connectivity index (χ3v) is 5.39. The molecule has 3 rings (SSSR count). The average molecular weight is 296 g/mol. The molecule has 0 bridgehead atoms. The Hall–Kier alpha value is -0.160. The molecule has 0 aromatic carbocycles. The van der Waals surface area contributed by atoms with E-state index in [9.17, 15) is 0 Å². The van der Waals surface area contributed by atoms with E-state index >= 15 is 0 Å². The van der Waals surface area contributed by atoms with Crippen LogP contribution in [0.2, 0.25) is 0 Å². The van der Waals surface area contributed by atoms with Gasteiger partial charge in [-0.2, -0.15) is 0 Å². The van der Waals surface area contributed by atoms with Crippen LogP contribution in [0.5, 0.6) is 0 Å². The highest BCUT2D eigenvalue weighted by atomic mass is 16.5. The van der Waals surface area contributed by atoms with Crippen molar-refractivity contribution in [3.05, 3.63) is 0 Å². The summed E-state index contributed by atoms with van der Waals surface area (Å²) in [4.78, 5) is 2.64. The van der Waals surface area contributed by atoms with E-state index in [1.807, 2.05) is 0 Å². The number of piperidine rings is 1. The lowest BCUT2D eigenvalue weighted by molar-refractivity contribution is -0.0762. The summed E-state index contributed by atoms with van der Waals surface area (Å²) in [6.45, 7) is 10.2. The molecule has 21 heavy (non-hydrogen) atoms. The van der Waals surface area contributed by atoms with Crippen LogP contribution in [0.4, 0.5) is 0 Å². The highest BCUT2D eigenvalue weighted by molar-refractivity contribution is 4.88. The lowest BCUT2D eigenvalue weighted by Gasteiger charge is -2.37. The maximum Gasteiger partial charge on any atom is 0.0808 e. The van der Waals surface area contributed by atoms with Crippen LogP contribution in [-0.2, 0) is 9.47 Å². The molecular weight excluding hydrogens is 264 g/mol. The second kappa shape index (κ2) is 7.40. The van der Waals surface area contributed by atoms with Gasteiger partial charge in [-0.15, -0.1) is 0 Å². The van der Waals surface area contributed by atoms with Gasteiger partial charge in [0, 0.05) is 32.8 Å². The maximum absolute atomic E-state index is 6.10. The third kappa shape index (κ3) is 4.65. The van der Waals surface area contributed by atoms with Crippen LogP contribution < -0.4 is 5.32 Å². The normalized spacial score (nSPS) is 36.1. The quantitative estimate of drug-likeness (QED) is 0.842. The minimum Gasteiger partial charge on any atom is -0.376 e. The van der Waals surface area contributed by atoms with Crippen molar-refractivity contribution in [2.75, 3.05) is 45.9 Å². The number of hydrogen-bond acceptors (Lipinski definition) is 4. The molecule has 3 heterocycles. The molecule has 0 radical (unpaired) electrons. The lowest BCUT2D eigenvalue weighted by atomic mass is 9.88. The van der Waals surface area contributed by atoms with Crippen LogP contribution in [0.25, 0.3) is 0 Å². The van der Waals surface area contributed by atoms with E-state index in [0.29, 0.717) is 17.6 Å². The van der Waals surface area contributed by atoms with Gasteiger partial charge in [0.1, 0.15) is 0 Å². The van der Waals surface area contributed by atoms with Crippen molar-refractivity contribution in [3.8, 4) is 0 Å². The summed E-state index contributed by atoms with van der Waals surface area (Å²) in [5.41, 5.74) is 0.490. The van der Waals surface area contributed by atoms with Crippen LogP contribution in [-0.4, -0.2) is 63.0 Å². The topological polar surface area (TPSA) is 33.7 Å². The zero-order valence-electron chi connectivity index (χ0n) is 13.6. The predicted octanol–water partition coefficient (Wildman–Crippen LogP) is 2.04. The number of likely N-dealkylation sites (tertiary alicyclic amines) is 1. The maximum atomic E-state index is 6.10. The molecule has 0 saturated carbocycles. The van der Waals surface area contributed by atoms with Crippen molar-refractivity contribution in [2.24, 2.45) is 5.41 Å². The largest absolute Gasteiger partial charge is 0.376 e. The average Bonchev–Trinajstić information content (AvgIpc) is 2.94. The first-order valence-electron chi connectivity index (χ1n) is 8.90. The van der Waals surface area contributed by atoms with E-state index in [1.54, 1.807) is 0 Å². The number of rotatable bonds is 5. The summed E-state index contributed by atoms with van der Waals surface area (Å²) in [7, 11) is 0. The molecule has 2 unspecified atom stereocenters. The summed E-state index contributed by atoms with van der Waals surface area (Å²) < 4.78 is 11.9. The highest BCUT2D eigenvalue weighted by Gasteiger charge is 2.32. The van der Waals surface area contributed by atoms with E-state index in [-0.39, 0.29) is 0 Å². The fourth-order valence-electron chi connectivity index (χ4n) is 3.96.